The molecule has 0 aliphatic rings. The van der Waals surface area contributed by atoms with Gasteiger partial charge in [0.2, 0.25) is 0 Å². The lowest BCUT2D eigenvalue weighted by molar-refractivity contribution is 1.06. The van der Waals surface area contributed by atoms with E-state index in [9.17, 15) is 0 Å². The smallest absolute Gasteiger partial charge is 0.118 e. The molecular weight excluding hydrogens is 232 g/mol. The molecule has 2 N–H and O–H groups in total. The molecule has 2 nitrogen and oxygen atoms in total. The van der Waals surface area contributed by atoms with Crippen LogP contribution >= 0.6 is 0 Å². The number of amidine groups is 1. The molecule has 0 aromatic heterocycles. The van der Waals surface area contributed by atoms with E-state index < -0.39 is 0 Å². The Hall–Kier alpha value is -2.35. The molecule has 0 aliphatic carbocycles. The zero-order valence-electron chi connectivity index (χ0n) is 11.1. The number of nitrogens with two attached hydrogens (primary N) is 1. The maximum Gasteiger partial charge on any atom is 0.118 e. The van der Waals surface area contributed by atoms with Crippen LogP contribution in [-0.4, -0.2) is 5.84 Å². The average Bonchev–Trinajstić information content (AvgIpc) is 2.44. The van der Waals surface area contributed by atoms with Gasteiger partial charge in [0, 0.05) is 0 Å². The highest BCUT2D eigenvalue weighted by atomic mass is 14.8. The van der Waals surface area contributed by atoms with Gasteiger partial charge in [-0.05, 0) is 24.1 Å². The SMILES string of the molecule is Cc1cccc(CN=C(N)C=Cc2ccccc2)c1. The molecule has 2 aromatic carbocycles. The summed E-state index contributed by atoms with van der Waals surface area (Å²) in [5.74, 6) is 0.547. The van der Waals surface area contributed by atoms with E-state index in [2.05, 4.69) is 30.1 Å². The quantitative estimate of drug-likeness (QED) is 0.654. The molecule has 19 heavy (non-hydrogen) atoms. The van der Waals surface area contributed by atoms with Crippen molar-refractivity contribution in [3.63, 3.8) is 0 Å². The molecule has 0 radical (unpaired) electrons. The predicted molar refractivity (Wildman–Crippen MR) is 82.0 cm³/mol. The third-order valence-electron chi connectivity index (χ3n) is 2.77. The monoisotopic (exact) mass is 250 g/mol. The molecular formula is C17H18N2. The van der Waals surface area contributed by atoms with E-state index in [-0.39, 0.29) is 0 Å². The lowest BCUT2D eigenvalue weighted by Gasteiger charge is -1.99. The van der Waals surface area contributed by atoms with Crippen LogP contribution in [0.5, 0.6) is 0 Å². The maximum absolute atomic E-state index is 5.87. The van der Waals surface area contributed by atoms with Gasteiger partial charge in [-0.25, -0.2) is 0 Å². The van der Waals surface area contributed by atoms with Crippen LogP contribution in [0.1, 0.15) is 16.7 Å². The number of nitrogens with zero attached hydrogens (tertiary/aromatic N) is 1. The molecule has 0 saturated heterocycles. The molecule has 0 heterocycles. The standard InChI is InChI=1S/C17H18N2/c1-14-6-5-9-16(12-14)13-19-17(18)11-10-15-7-3-2-4-8-15/h2-12H,13H2,1H3,(H2,18,19). The Morgan fingerprint density at radius 3 is 2.63 bits per heavy atom. The topological polar surface area (TPSA) is 38.4 Å². The number of aryl methyl sites for hydroxylation is 1. The van der Waals surface area contributed by atoms with Gasteiger partial charge < -0.3 is 5.73 Å². The highest BCUT2D eigenvalue weighted by molar-refractivity contribution is 5.95. The fourth-order valence-electron chi connectivity index (χ4n) is 1.79. The van der Waals surface area contributed by atoms with Crippen molar-refractivity contribution < 1.29 is 0 Å². The number of aliphatic imine (C=N–C) groups is 1. The number of hydrogen-bond acceptors (Lipinski definition) is 1. The molecule has 96 valence electrons. The van der Waals surface area contributed by atoms with E-state index >= 15 is 0 Å². The summed E-state index contributed by atoms with van der Waals surface area (Å²) in [5, 5.41) is 0. The highest BCUT2D eigenvalue weighted by Gasteiger charge is 1.92. The van der Waals surface area contributed by atoms with Gasteiger partial charge in [0.25, 0.3) is 0 Å². The van der Waals surface area contributed by atoms with Crippen molar-refractivity contribution in [1.82, 2.24) is 0 Å². The number of rotatable bonds is 4. The lowest BCUT2D eigenvalue weighted by Crippen LogP contribution is -2.07. The van der Waals surface area contributed by atoms with Crippen molar-refractivity contribution in [2.24, 2.45) is 10.7 Å². The van der Waals surface area contributed by atoms with Crippen LogP contribution in [0.4, 0.5) is 0 Å². The van der Waals surface area contributed by atoms with Gasteiger partial charge in [-0.15, -0.1) is 0 Å². The van der Waals surface area contributed by atoms with E-state index in [1.54, 1.807) is 0 Å². The Bertz CT molecular complexity index is 583. The molecule has 2 heteroatoms. The van der Waals surface area contributed by atoms with Crippen molar-refractivity contribution in [3.8, 4) is 0 Å². The Balaban J connectivity index is 1.98. The predicted octanol–water partition coefficient (Wildman–Crippen LogP) is 3.57. The molecule has 2 aromatic rings. The van der Waals surface area contributed by atoms with Gasteiger partial charge in [0.05, 0.1) is 6.54 Å². The minimum atomic E-state index is 0.547. The fourth-order valence-corrected chi connectivity index (χ4v) is 1.79. The van der Waals surface area contributed by atoms with Gasteiger partial charge in [-0.3, -0.25) is 4.99 Å². The molecule has 2 rings (SSSR count). The first-order valence-electron chi connectivity index (χ1n) is 6.32. The zero-order chi connectivity index (χ0) is 13.5. The normalized spacial score (nSPS) is 11.9. The van der Waals surface area contributed by atoms with Crippen LogP contribution in [0.3, 0.4) is 0 Å². The molecule has 0 amide bonds. The first kappa shape index (κ1) is 13.1. The van der Waals surface area contributed by atoms with E-state index in [1.807, 2.05) is 48.6 Å². The summed E-state index contributed by atoms with van der Waals surface area (Å²) in [6.07, 6.45) is 3.81. The minimum absolute atomic E-state index is 0.547. The van der Waals surface area contributed by atoms with Gasteiger partial charge in [0.15, 0.2) is 0 Å². The van der Waals surface area contributed by atoms with Crippen molar-refractivity contribution >= 4 is 11.9 Å². The molecule has 0 bridgehead atoms. The van der Waals surface area contributed by atoms with Gasteiger partial charge >= 0.3 is 0 Å². The second-order valence-corrected chi connectivity index (χ2v) is 4.47. The average molecular weight is 250 g/mol. The van der Waals surface area contributed by atoms with Crippen molar-refractivity contribution in [1.29, 1.82) is 0 Å². The lowest BCUT2D eigenvalue weighted by atomic mass is 10.1. The summed E-state index contributed by atoms with van der Waals surface area (Å²) < 4.78 is 0. The maximum atomic E-state index is 5.87. The summed E-state index contributed by atoms with van der Waals surface area (Å²) in [6.45, 7) is 2.69. The van der Waals surface area contributed by atoms with Crippen LogP contribution in [0.2, 0.25) is 0 Å². The minimum Gasteiger partial charge on any atom is -0.384 e. The Labute approximate surface area is 114 Å². The third kappa shape index (κ3) is 4.43. The molecule has 0 fully saturated rings. The summed E-state index contributed by atoms with van der Waals surface area (Å²) in [7, 11) is 0. The van der Waals surface area contributed by atoms with E-state index in [4.69, 9.17) is 5.73 Å². The van der Waals surface area contributed by atoms with Crippen LogP contribution in [-0.2, 0) is 6.54 Å². The van der Waals surface area contributed by atoms with Crippen molar-refractivity contribution in [3.05, 3.63) is 77.4 Å². The Morgan fingerprint density at radius 2 is 1.89 bits per heavy atom. The largest absolute Gasteiger partial charge is 0.384 e. The van der Waals surface area contributed by atoms with Gasteiger partial charge in [-0.1, -0.05) is 66.2 Å². The van der Waals surface area contributed by atoms with Crippen LogP contribution in [0, 0.1) is 6.92 Å². The summed E-state index contributed by atoms with van der Waals surface area (Å²) in [5.41, 5.74) is 9.41. The van der Waals surface area contributed by atoms with E-state index in [0.717, 1.165) is 5.56 Å². The summed E-state index contributed by atoms with van der Waals surface area (Å²) in [6, 6.07) is 18.4. The second-order valence-electron chi connectivity index (χ2n) is 4.47. The van der Waals surface area contributed by atoms with Crippen LogP contribution in [0.25, 0.3) is 6.08 Å². The van der Waals surface area contributed by atoms with Gasteiger partial charge in [0.1, 0.15) is 5.84 Å². The Morgan fingerprint density at radius 1 is 1.11 bits per heavy atom. The van der Waals surface area contributed by atoms with Crippen molar-refractivity contribution in [2.75, 3.05) is 0 Å². The molecule has 0 spiro atoms. The highest BCUT2D eigenvalue weighted by Crippen LogP contribution is 2.05. The molecule has 0 aliphatic heterocycles. The van der Waals surface area contributed by atoms with E-state index in [1.165, 1.54) is 11.1 Å². The fraction of sp³-hybridized carbons (Fsp3) is 0.118. The third-order valence-corrected chi connectivity index (χ3v) is 2.77. The molecule has 0 unspecified atom stereocenters. The van der Waals surface area contributed by atoms with E-state index in [0.29, 0.717) is 12.4 Å². The number of hydrogen-bond donors (Lipinski definition) is 1. The molecule has 0 saturated carbocycles. The van der Waals surface area contributed by atoms with Gasteiger partial charge in [-0.2, -0.15) is 0 Å². The number of benzene rings is 2. The summed E-state index contributed by atoms with van der Waals surface area (Å²) in [4.78, 5) is 4.36. The zero-order valence-corrected chi connectivity index (χ0v) is 11.1. The second kappa shape index (κ2) is 6.55. The first-order chi connectivity index (χ1) is 9.24. The van der Waals surface area contributed by atoms with Crippen LogP contribution < -0.4 is 5.73 Å². The molecule has 0 atom stereocenters. The first-order valence-corrected chi connectivity index (χ1v) is 6.32. The van der Waals surface area contributed by atoms with Crippen LogP contribution in [0.15, 0.2) is 65.7 Å². The summed E-state index contributed by atoms with van der Waals surface area (Å²) >= 11 is 0. The Kier molecular flexibility index (Phi) is 4.51. The van der Waals surface area contributed by atoms with Crippen molar-refractivity contribution in [2.45, 2.75) is 13.5 Å².